The van der Waals surface area contributed by atoms with Crippen LogP contribution in [0.3, 0.4) is 0 Å². The van der Waals surface area contributed by atoms with E-state index in [0.717, 1.165) is 31.5 Å². The van der Waals surface area contributed by atoms with Crippen LogP contribution in [0.5, 0.6) is 0 Å². The van der Waals surface area contributed by atoms with E-state index < -0.39 is 0 Å². The zero-order valence-corrected chi connectivity index (χ0v) is 11.6. The molecule has 1 saturated heterocycles. The van der Waals surface area contributed by atoms with Crippen LogP contribution in [0.25, 0.3) is 0 Å². The molecule has 0 aliphatic carbocycles. The average Bonchev–Trinajstić information content (AvgIpc) is 2.31. The maximum Gasteiger partial charge on any atom is 0.224 e. The van der Waals surface area contributed by atoms with Crippen molar-refractivity contribution >= 4 is 30.8 Å². The van der Waals surface area contributed by atoms with Gasteiger partial charge in [0.05, 0.1) is 0 Å². The van der Waals surface area contributed by atoms with Crippen LogP contribution >= 0.6 is 24.8 Å². The number of hydrogen-bond donors (Lipinski definition) is 1. The van der Waals surface area contributed by atoms with Gasteiger partial charge in [-0.05, 0) is 37.9 Å². The fourth-order valence-corrected chi connectivity index (χ4v) is 2.02. The number of piperidine rings is 1. The SMILES string of the molecule is CN(CC1CCNCC1)c1ncccn1.Cl.Cl. The third-order valence-electron chi connectivity index (χ3n) is 2.88. The first-order chi connectivity index (χ1) is 7.36. The second-order valence-electron chi connectivity index (χ2n) is 4.12. The van der Waals surface area contributed by atoms with Gasteiger partial charge in [0, 0.05) is 26.0 Å². The summed E-state index contributed by atoms with van der Waals surface area (Å²) in [5.74, 6) is 1.61. The van der Waals surface area contributed by atoms with E-state index in [1.807, 2.05) is 6.07 Å². The first-order valence-electron chi connectivity index (χ1n) is 5.55. The van der Waals surface area contributed by atoms with Crippen molar-refractivity contribution in [1.29, 1.82) is 0 Å². The van der Waals surface area contributed by atoms with Crippen molar-refractivity contribution in [3.8, 4) is 0 Å². The Morgan fingerprint density at radius 1 is 1.24 bits per heavy atom. The van der Waals surface area contributed by atoms with Crippen LogP contribution in [0.2, 0.25) is 0 Å². The van der Waals surface area contributed by atoms with Crippen molar-refractivity contribution in [2.45, 2.75) is 12.8 Å². The van der Waals surface area contributed by atoms with Crippen LogP contribution in [0.15, 0.2) is 18.5 Å². The molecule has 1 fully saturated rings. The molecular weight excluding hydrogens is 259 g/mol. The number of hydrogen-bond acceptors (Lipinski definition) is 4. The van der Waals surface area contributed by atoms with Gasteiger partial charge in [0.2, 0.25) is 5.95 Å². The molecule has 0 radical (unpaired) electrons. The van der Waals surface area contributed by atoms with Gasteiger partial charge < -0.3 is 10.2 Å². The zero-order chi connectivity index (χ0) is 10.5. The molecule has 2 rings (SSSR count). The molecule has 0 spiro atoms. The molecule has 0 saturated carbocycles. The molecule has 0 unspecified atom stereocenters. The fourth-order valence-electron chi connectivity index (χ4n) is 2.02. The van der Waals surface area contributed by atoms with Crippen LogP contribution in [0, 0.1) is 5.92 Å². The molecule has 98 valence electrons. The Labute approximate surface area is 115 Å². The van der Waals surface area contributed by atoms with Gasteiger partial charge in [-0.15, -0.1) is 24.8 Å². The molecular formula is C11H20Cl2N4. The van der Waals surface area contributed by atoms with Gasteiger partial charge in [0.25, 0.3) is 0 Å². The normalized spacial score (nSPS) is 15.6. The van der Waals surface area contributed by atoms with Crippen molar-refractivity contribution < 1.29 is 0 Å². The van der Waals surface area contributed by atoms with E-state index in [0.29, 0.717) is 0 Å². The number of aromatic nitrogens is 2. The summed E-state index contributed by atoms with van der Waals surface area (Å²) >= 11 is 0. The van der Waals surface area contributed by atoms with Gasteiger partial charge in [-0.25, -0.2) is 9.97 Å². The Morgan fingerprint density at radius 3 is 2.41 bits per heavy atom. The van der Waals surface area contributed by atoms with Gasteiger partial charge >= 0.3 is 0 Å². The smallest absolute Gasteiger partial charge is 0.224 e. The van der Waals surface area contributed by atoms with E-state index >= 15 is 0 Å². The van der Waals surface area contributed by atoms with Crippen molar-refractivity contribution in [3.63, 3.8) is 0 Å². The standard InChI is InChI=1S/C11H18N4.2ClH/c1-15(11-13-5-2-6-14-11)9-10-3-7-12-8-4-10;;/h2,5-6,10,12H,3-4,7-9H2,1H3;2*1H. The number of nitrogens with one attached hydrogen (secondary N) is 1. The molecule has 6 heteroatoms. The fraction of sp³-hybridized carbons (Fsp3) is 0.636. The highest BCUT2D eigenvalue weighted by Gasteiger charge is 2.15. The predicted molar refractivity (Wildman–Crippen MR) is 75.4 cm³/mol. The molecule has 1 aromatic rings. The monoisotopic (exact) mass is 278 g/mol. The van der Waals surface area contributed by atoms with E-state index in [1.165, 1.54) is 12.8 Å². The summed E-state index contributed by atoms with van der Waals surface area (Å²) in [6.07, 6.45) is 6.11. The second-order valence-corrected chi connectivity index (χ2v) is 4.12. The Morgan fingerprint density at radius 2 is 1.82 bits per heavy atom. The minimum atomic E-state index is 0. The largest absolute Gasteiger partial charge is 0.344 e. The molecule has 1 aromatic heterocycles. The van der Waals surface area contributed by atoms with Crippen LogP contribution in [0.4, 0.5) is 5.95 Å². The molecule has 0 bridgehead atoms. The predicted octanol–water partition coefficient (Wildman–Crippen LogP) is 1.76. The first kappa shape index (κ1) is 16.4. The highest BCUT2D eigenvalue weighted by atomic mass is 35.5. The Hall–Kier alpha value is -0.580. The van der Waals surface area contributed by atoms with Crippen molar-refractivity contribution in [2.75, 3.05) is 31.6 Å². The summed E-state index contributed by atoms with van der Waals surface area (Å²) in [7, 11) is 2.07. The van der Waals surface area contributed by atoms with Crippen molar-refractivity contribution in [3.05, 3.63) is 18.5 Å². The van der Waals surface area contributed by atoms with Gasteiger partial charge in [-0.2, -0.15) is 0 Å². The molecule has 2 heterocycles. The van der Waals surface area contributed by atoms with E-state index in [9.17, 15) is 0 Å². The molecule has 17 heavy (non-hydrogen) atoms. The molecule has 0 amide bonds. The van der Waals surface area contributed by atoms with Gasteiger partial charge in [-0.1, -0.05) is 0 Å². The number of rotatable bonds is 3. The lowest BCUT2D eigenvalue weighted by Crippen LogP contribution is -2.35. The van der Waals surface area contributed by atoms with E-state index in [-0.39, 0.29) is 24.8 Å². The third kappa shape index (κ3) is 5.06. The highest BCUT2D eigenvalue weighted by Crippen LogP contribution is 2.14. The minimum absolute atomic E-state index is 0. The Balaban J connectivity index is 0.00000128. The second kappa shape index (κ2) is 8.50. The highest BCUT2D eigenvalue weighted by molar-refractivity contribution is 5.85. The Bertz CT molecular complexity index is 291. The molecule has 0 atom stereocenters. The average molecular weight is 279 g/mol. The van der Waals surface area contributed by atoms with Gasteiger partial charge in [0.15, 0.2) is 0 Å². The molecule has 1 aliphatic rings. The number of anilines is 1. The lowest BCUT2D eigenvalue weighted by atomic mass is 9.98. The van der Waals surface area contributed by atoms with E-state index in [4.69, 9.17) is 0 Å². The number of halogens is 2. The Kier molecular flexibility index (Phi) is 8.21. The first-order valence-corrected chi connectivity index (χ1v) is 5.55. The van der Waals surface area contributed by atoms with Crippen LogP contribution in [-0.4, -0.2) is 36.6 Å². The molecule has 4 nitrogen and oxygen atoms in total. The van der Waals surface area contributed by atoms with E-state index in [2.05, 4.69) is 27.2 Å². The zero-order valence-electron chi connectivity index (χ0n) is 10.0. The quantitative estimate of drug-likeness (QED) is 0.915. The number of nitrogens with zero attached hydrogens (tertiary/aromatic N) is 3. The summed E-state index contributed by atoms with van der Waals surface area (Å²) in [6, 6.07) is 1.85. The van der Waals surface area contributed by atoms with E-state index in [1.54, 1.807) is 12.4 Å². The molecule has 0 aromatic carbocycles. The maximum absolute atomic E-state index is 4.24. The van der Waals surface area contributed by atoms with Gasteiger partial charge in [0.1, 0.15) is 0 Å². The lowest BCUT2D eigenvalue weighted by molar-refractivity contribution is 0.377. The van der Waals surface area contributed by atoms with Crippen LogP contribution in [-0.2, 0) is 0 Å². The van der Waals surface area contributed by atoms with Crippen molar-refractivity contribution in [1.82, 2.24) is 15.3 Å². The summed E-state index contributed by atoms with van der Waals surface area (Å²) in [5.41, 5.74) is 0. The minimum Gasteiger partial charge on any atom is -0.344 e. The molecule has 1 aliphatic heterocycles. The summed E-state index contributed by atoms with van der Waals surface area (Å²) in [4.78, 5) is 10.6. The summed E-state index contributed by atoms with van der Waals surface area (Å²) in [6.45, 7) is 3.36. The lowest BCUT2D eigenvalue weighted by Gasteiger charge is -2.27. The summed E-state index contributed by atoms with van der Waals surface area (Å²) < 4.78 is 0. The third-order valence-corrected chi connectivity index (χ3v) is 2.88. The van der Waals surface area contributed by atoms with Crippen LogP contribution in [0.1, 0.15) is 12.8 Å². The summed E-state index contributed by atoms with van der Waals surface area (Å²) in [5, 5.41) is 3.38. The maximum atomic E-state index is 4.24. The topological polar surface area (TPSA) is 41.0 Å². The molecule has 1 N–H and O–H groups in total. The van der Waals surface area contributed by atoms with Crippen molar-refractivity contribution in [2.24, 2.45) is 5.92 Å². The van der Waals surface area contributed by atoms with Gasteiger partial charge in [-0.3, -0.25) is 0 Å². The van der Waals surface area contributed by atoms with Crippen LogP contribution < -0.4 is 10.2 Å².